The summed E-state index contributed by atoms with van der Waals surface area (Å²) in [6.07, 6.45) is 0. The van der Waals surface area contributed by atoms with Crippen molar-refractivity contribution in [3.63, 3.8) is 0 Å². The molecular weight excluding hydrogens is 673 g/mol. The van der Waals surface area contributed by atoms with Crippen molar-refractivity contribution in [3.8, 4) is 5.75 Å². The van der Waals surface area contributed by atoms with E-state index in [1.807, 2.05) is 0 Å². The predicted molar refractivity (Wildman–Crippen MR) is 164 cm³/mol. The molecule has 41 heavy (non-hydrogen) atoms. The number of aromatic amines is 1. The van der Waals surface area contributed by atoms with Crippen LogP contribution in [-0.2, 0) is 14.4 Å². The SMILES string of the molecule is O=C(COc1ccc([C@@H]2c3sc(=O)[nH]c3S[C@H]3C(=O)N(c4ccc(Br)cc4)C(=O)[C@@H]23)cc1)Nc1ccc(Cl)c(Cl)c1. The highest BCUT2D eigenvalue weighted by Crippen LogP contribution is 2.53. The lowest BCUT2D eigenvalue weighted by Gasteiger charge is -2.29. The number of H-pyrrole nitrogens is 1. The van der Waals surface area contributed by atoms with Gasteiger partial charge in [-0.25, -0.2) is 4.90 Å². The summed E-state index contributed by atoms with van der Waals surface area (Å²) in [6, 6.07) is 18.7. The average molecular weight is 691 g/mol. The van der Waals surface area contributed by atoms with Crippen molar-refractivity contribution >= 4 is 91.3 Å². The van der Waals surface area contributed by atoms with Crippen molar-refractivity contribution in [1.82, 2.24) is 4.98 Å². The van der Waals surface area contributed by atoms with Gasteiger partial charge in [0.1, 0.15) is 11.0 Å². The number of ether oxygens (including phenoxy) is 1. The zero-order chi connectivity index (χ0) is 28.8. The zero-order valence-corrected chi connectivity index (χ0v) is 25.5. The summed E-state index contributed by atoms with van der Waals surface area (Å²) >= 11 is 17.6. The molecule has 0 aliphatic carbocycles. The van der Waals surface area contributed by atoms with E-state index in [0.29, 0.717) is 32.2 Å². The van der Waals surface area contributed by atoms with Gasteiger partial charge in [-0.3, -0.25) is 19.2 Å². The van der Waals surface area contributed by atoms with E-state index >= 15 is 0 Å². The maximum atomic E-state index is 13.8. The lowest BCUT2D eigenvalue weighted by Crippen LogP contribution is -2.32. The molecule has 3 amide bonds. The van der Waals surface area contributed by atoms with Gasteiger partial charge in [0.05, 0.1) is 26.7 Å². The molecule has 8 nitrogen and oxygen atoms in total. The third kappa shape index (κ3) is 5.44. The number of carbonyl (C=O) groups excluding carboxylic acids is 3. The minimum atomic E-state index is -0.696. The number of fused-ring (bicyclic) bond motifs is 2. The van der Waals surface area contributed by atoms with Crippen LogP contribution in [0.4, 0.5) is 11.4 Å². The second-order valence-corrected chi connectivity index (χ2v) is 13.2. The zero-order valence-electron chi connectivity index (χ0n) is 20.7. The van der Waals surface area contributed by atoms with Gasteiger partial charge < -0.3 is 15.0 Å². The largest absolute Gasteiger partial charge is 0.484 e. The third-order valence-electron chi connectivity index (χ3n) is 6.72. The smallest absolute Gasteiger partial charge is 0.305 e. The van der Waals surface area contributed by atoms with Crippen molar-refractivity contribution < 1.29 is 19.1 Å². The topological polar surface area (TPSA) is 109 Å². The maximum Gasteiger partial charge on any atom is 0.305 e. The fourth-order valence-corrected chi connectivity index (χ4v) is 7.99. The van der Waals surface area contributed by atoms with Crippen molar-refractivity contribution in [2.75, 3.05) is 16.8 Å². The van der Waals surface area contributed by atoms with Gasteiger partial charge in [-0.2, -0.15) is 0 Å². The lowest BCUT2D eigenvalue weighted by molar-refractivity contribution is -0.122. The maximum absolute atomic E-state index is 13.8. The van der Waals surface area contributed by atoms with Crippen LogP contribution >= 0.6 is 62.2 Å². The molecule has 6 rings (SSSR count). The van der Waals surface area contributed by atoms with Crippen LogP contribution < -0.4 is 19.8 Å². The van der Waals surface area contributed by atoms with Crippen molar-refractivity contribution in [1.29, 1.82) is 0 Å². The number of amides is 3. The Morgan fingerprint density at radius 1 is 0.976 bits per heavy atom. The van der Waals surface area contributed by atoms with Gasteiger partial charge in [0.2, 0.25) is 11.8 Å². The number of thioether (sulfide) groups is 1. The lowest BCUT2D eigenvalue weighted by atomic mass is 9.83. The number of carbonyl (C=O) groups is 3. The van der Waals surface area contributed by atoms with Gasteiger partial charge in [0.25, 0.3) is 5.91 Å². The molecule has 1 fully saturated rings. The number of aromatic nitrogens is 1. The molecule has 0 spiro atoms. The van der Waals surface area contributed by atoms with Crippen LogP contribution in [-0.4, -0.2) is 34.6 Å². The Morgan fingerprint density at radius 2 is 1.71 bits per heavy atom. The summed E-state index contributed by atoms with van der Waals surface area (Å²) in [5, 5.41) is 3.31. The highest BCUT2D eigenvalue weighted by molar-refractivity contribution is 9.10. The number of anilines is 2. The first-order chi connectivity index (χ1) is 19.7. The second kappa shape index (κ2) is 11.3. The Morgan fingerprint density at radius 3 is 2.41 bits per heavy atom. The molecule has 3 atom stereocenters. The Hall–Kier alpha value is -3.09. The van der Waals surface area contributed by atoms with Gasteiger partial charge in [-0.15, -0.1) is 0 Å². The molecule has 0 bridgehead atoms. The first kappa shape index (κ1) is 28.0. The number of hydrogen-bond acceptors (Lipinski definition) is 7. The number of nitrogens with zero attached hydrogens (tertiary/aromatic N) is 1. The number of nitrogens with one attached hydrogen (secondary N) is 2. The number of thiazole rings is 1. The molecule has 13 heteroatoms. The molecule has 4 aromatic rings. The summed E-state index contributed by atoms with van der Waals surface area (Å²) in [7, 11) is 0. The second-order valence-electron chi connectivity index (χ2n) is 9.27. The summed E-state index contributed by atoms with van der Waals surface area (Å²) in [5.41, 5.74) is 1.74. The molecule has 0 saturated carbocycles. The standard InChI is InChI=1S/C28H18BrCl2N3O5S2/c29-14-3-6-16(7-4-14)34-26(36)22-21(23-25(33-28(38)41-23)40-24(22)27(34)37)13-1-8-17(9-2-13)39-12-20(35)32-15-5-10-18(30)19(31)11-15/h1-11,21-22,24H,12H2,(H,32,35)(H,33,38)/t21-,22-,24+/m0/s1. The van der Waals surface area contributed by atoms with E-state index in [-0.39, 0.29) is 29.2 Å². The summed E-state index contributed by atoms with van der Waals surface area (Å²) in [6.45, 7) is -0.247. The first-order valence-corrected chi connectivity index (χ1v) is 15.4. The number of benzene rings is 3. The molecule has 2 aliphatic rings. The average Bonchev–Trinajstić information content (AvgIpc) is 3.44. The van der Waals surface area contributed by atoms with Crippen molar-refractivity contribution in [2.45, 2.75) is 16.2 Å². The summed E-state index contributed by atoms with van der Waals surface area (Å²) in [4.78, 5) is 56.5. The van der Waals surface area contributed by atoms with E-state index in [9.17, 15) is 19.2 Å². The predicted octanol–water partition coefficient (Wildman–Crippen LogP) is 6.32. The van der Waals surface area contributed by atoms with Gasteiger partial charge in [-0.05, 0) is 60.2 Å². The van der Waals surface area contributed by atoms with Gasteiger partial charge in [-0.1, -0.05) is 74.4 Å². The molecule has 2 N–H and O–H groups in total. The van der Waals surface area contributed by atoms with E-state index in [0.717, 1.165) is 26.3 Å². The molecule has 1 aromatic heterocycles. The molecule has 0 unspecified atom stereocenters. The molecule has 2 aliphatic heterocycles. The Bertz CT molecular complexity index is 1740. The normalized spacial score (nSPS) is 19.6. The van der Waals surface area contributed by atoms with Gasteiger partial charge >= 0.3 is 4.87 Å². The number of imide groups is 1. The van der Waals surface area contributed by atoms with Gasteiger partial charge in [0.15, 0.2) is 6.61 Å². The first-order valence-electron chi connectivity index (χ1n) is 12.2. The molecule has 1 saturated heterocycles. The van der Waals surface area contributed by atoms with Crippen molar-refractivity contribution in [2.24, 2.45) is 5.92 Å². The van der Waals surface area contributed by atoms with Crippen LogP contribution in [0.1, 0.15) is 16.4 Å². The minimum Gasteiger partial charge on any atom is -0.484 e. The van der Waals surface area contributed by atoms with Crippen LogP contribution in [0, 0.1) is 5.92 Å². The Kier molecular flexibility index (Phi) is 7.73. The van der Waals surface area contributed by atoms with Crippen LogP contribution in [0.2, 0.25) is 10.0 Å². The van der Waals surface area contributed by atoms with Crippen molar-refractivity contribution in [3.05, 3.63) is 101 Å². The quantitative estimate of drug-likeness (QED) is 0.229. The monoisotopic (exact) mass is 689 g/mol. The molecular formula is C28H18BrCl2N3O5S2. The molecule has 3 aromatic carbocycles. The number of halogens is 3. The molecule has 0 radical (unpaired) electrons. The highest BCUT2D eigenvalue weighted by Gasteiger charge is 2.56. The van der Waals surface area contributed by atoms with E-state index in [2.05, 4.69) is 26.2 Å². The van der Waals surface area contributed by atoms with E-state index in [1.165, 1.54) is 16.7 Å². The fraction of sp³-hybridized carbons (Fsp3) is 0.143. The van der Waals surface area contributed by atoms with E-state index < -0.39 is 17.1 Å². The van der Waals surface area contributed by atoms with E-state index in [4.69, 9.17) is 27.9 Å². The third-order valence-corrected chi connectivity index (χ3v) is 10.4. The Labute approximate surface area is 260 Å². The summed E-state index contributed by atoms with van der Waals surface area (Å²) in [5.74, 6) is -1.78. The fourth-order valence-electron chi connectivity index (χ4n) is 4.91. The highest BCUT2D eigenvalue weighted by atomic mass is 79.9. The van der Waals surface area contributed by atoms with Crippen LogP contribution in [0.25, 0.3) is 0 Å². The molecule has 3 heterocycles. The summed E-state index contributed by atoms with van der Waals surface area (Å²) < 4.78 is 6.49. The number of rotatable bonds is 6. The molecule has 208 valence electrons. The van der Waals surface area contributed by atoms with E-state index in [1.54, 1.807) is 66.7 Å². The van der Waals surface area contributed by atoms with Gasteiger partial charge in [0, 0.05) is 21.0 Å². The Balaban J connectivity index is 1.23. The van der Waals surface area contributed by atoms with Crippen LogP contribution in [0.5, 0.6) is 5.75 Å². The minimum absolute atomic E-state index is 0.245. The van der Waals surface area contributed by atoms with Crippen LogP contribution in [0.15, 0.2) is 81.0 Å². The van der Waals surface area contributed by atoms with Crippen LogP contribution in [0.3, 0.4) is 0 Å². The number of hydrogen-bond donors (Lipinski definition) is 2.